The summed E-state index contributed by atoms with van der Waals surface area (Å²) in [7, 11) is 0. The average Bonchev–Trinajstić information content (AvgIpc) is 3.11. The third-order valence-corrected chi connectivity index (χ3v) is 4.32. The summed E-state index contributed by atoms with van der Waals surface area (Å²) in [5.41, 5.74) is 3.12. The van der Waals surface area contributed by atoms with Crippen LogP contribution in [0.4, 0.5) is 5.69 Å². The third-order valence-electron chi connectivity index (χ3n) is 4.32. The van der Waals surface area contributed by atoms with Gasteiger partial charge in [0.2, 0.25) is 5.91 Å². The molecule has 0 saturated carbocycles. The number of hydrogen-bond acceptors (Lipinski definition) is 3. The molecule has 2 aromatic carbocycles. The number of aryl methyl sites for hydroxylation is 1. The molecule has 5 heteroatoms. The zero-order chi connectivity index (χ0) is 17.1. The lowest BCUT2D eigenvalue weighted by molar-refractivity contribution is -0.116. The van der Waals surface area contributed by atoms with Gasteiger partial charge in [0.25, 0.3) is 0 Å². The fourth-order valence-corrected chi connectivity index (χ4v) is 3.05. The van der Waals surface area contributed by atoms with Crippen LogP contribution in [-0.4, -0.2) is 22.1 Å². The van der Waals surface area contributed by atoms with E-state index in [1.165, 1.54) is 0 Å². The Hall–Kier alpha value is -3.08. The number of fused-ring (bicyclic) bond motifs is 1. The number of ether oxygens (including phenoxy) is 1. The van der Waals surface area contributed by atoms with Crippen LogP contribution in [0.1, 0.15) is 12.0 Å². The highest BCUT2D eigenvalue weighted by atomic mass is 16.5. The van der Waals surface area contributed by atoms with Gasteiger partial charge in [-0.1, -0.05) is 30.3 Å². The summed E-state index contributed by atoms with van der Waals surface area (Å²) in [5, 5.41) is 2.88. The van der Waals surface area contributed by atoms with E-state index in [1.54, 1.807) is 0 Å². The molecule has 25 heavy (non-hydrogen) atoms. The Kier molecular flexibility index (Phi) is 4.21. The first-order valence-electron chi connectivity index (χ1n) is 8.42. The van der Waals surface area contributed by atoms with Gasteiger partial charge in [0.05, 0.1) is 6.54 Å². The quantitative estimate of drug-likeness (QED) is 0.777. The van der Waals surface area contributed by atoms with Gasteiger partial charge in [0, 0.05) is 30.1 Å². The van der Waals surface area contributed by atoms with Crippen molar-refractivity contribution in [3.05, 3.63) is 66.5 Å². The summed E-state index contributed by atoms with van der Waals surface area (Å²) in [4.78, 5) is 15.9. The molecule has 1 N–H and O–H groups in total. The van der Waals surface area contributed by atoms with E-state index in [0.717, 1.165) is 41.4 Å². The maximum absolute atomic E-state index is 11.4. The van der Waals surface area contributed by atoms with E-state index in [9.17, 15) is 4.79 Å². The van der Waals surface area contributed by atoms with Crippen molar-refractivity contribution in [3.8, 4) is 17.1 Å². The van der Waals surface area contributed by atoms with Crippen molar-refractivity contribution in [3.63, 3.8) is 0 Å². The van der Waals surface area contributed by atoms with Gasteiger partial charge in [-0.25, -0.2) is 4.98 Å². The number of imidazole rings is 1. The summed E-state index contributed by atoms with van der Waals surface area (Å²) in [6.07, 6.45) is 5.07. The van der Waals surface area contributed by atoms with Crippen LogP contribution in [0.15, 0.2) is 60.9 Å². The summed E-state index contributed by atoms with van der Waals surface area (Å²) in [6.45, 7) is 1.28. The predicted molar refractivity (Wildman–Crippen MR) is 96.6 cm³/mol. The zero-order valence-corrected chi connectivity index (χ0v) is 13.8. The number of hydrogen-bond donors (Lipinski definition) is 1. The van der Waals surface area contributed by atoms with Crippen LogP contribution in [0.5, 0.6) is 5.75 Å². The minimum atomic E-state index is 0.0784. The number of nitrogens with zero attached hydrogens (tertiary/aromatic N) is 2. The number of rotatable bonds is 5. The van der Waals surface area contributed by atoms with Crippen molar-refractivity contribution >= 4 is 11.6 Å². The molecule has 5 nitrogen and oxygen atoms in total. The summed E-state index contributed by atoms with van der Waals surface area (Å²) >= 11 is 0. The number of aromatic nitrogens is 2. The second-order valence-electron chi connectivity index (χ2n) is 6.03. The molecule has 0 spiro atoms. The van der Waals surface area contributed by atoms with Crippen molar-refractivity contribution in [1.29, 1.82) is 0 Å². The number of nitrogens with one attached hydrogen (secondary N) is 1. The van der Waals surface area contributed by atoms with Crippen molar-refractivity contribution in [2.45, 2.75) is 19.4 Å². The Labute approximate surface area is 146 Å². The van der Waals surface area contributed by atoms with Gasteiger partial charge in [-0.2, -0.15) is 0 Å². The van der Waals surface area contributed by atoms with Crippen molar-refractivity contribution in [1.82, 2.24) is 9.55 Å². The summed E-state index contributed by atoms with van der Waals surface area (Å²) in [5.74, 6) is 1.85. The molecule has 1 aliphatic heterocycles. The summed E-state index contributed by atoms with van der Waals surface area (Å²) in [6, 6.07) is 16.0. The standard InChI is InChI=1S/C20H19N3O2/c24-19-9-6-16-14-17(7-8-18(16)22-19)25-13-12-23-11-10-21-20(23)15-4-2-1-3-5-15/h1-5,7-8,10-11,14H,6,9,12-13H2,(H,22,24). The van der Waals surface area contributed by atoms with E-state index in [4.69, 9.17) is 4.74 Å². The van der Waals surface area contributed by atoms with Crippen LogP contribution in [0, 0.1) is 0 Å². The van der Waals surface area contributed by atoms with Gasteiger partial charge in [-0.15, -0.1) is 0 Å². The fraction of sp³-hybridized carbons (Fsp3) is 0.200. The Morgan fingerprint density at radius 3 is 2.88 bits per heavy atom. The molecular weight excluding hydrogens is 314 g/mol. The minimum Gasteiger partial charge on any atom is -0.492 e. The highest BCUT2D eigenvalue weighted by Gasteiger charge is 2.15. The second-order valence-corrected chi connectivity index (χ2v) is 6.03. The van der Waals surface area contributed by atoms with Crippen molar-refractivity contribution in [2.24, 2.45) is 0 Å². The molecule has 1 amide bonds. The van der Waals surface area contributed by atoms with E-state index in [-0.39, 0.29) is 5.91 Å². The number of anilines is 1. The molecule has 0 radical (unpaired) electrons. The molecule has 0 aliphatic carbocycles. The molecule has 0 saturated heterocycles. The average molecular weight is 333 g/mol. The van der Waals surface area contributed by atoms with Gasteiger partial charge in [-0.3, -0.25) is 4.79 Å². The first-order chi connectivity index (χ1) is 12.3. The molecular formula is C20H19N3O2. The van der Waals surface area contributed by atoms with Crippen LogP contribution < -0.4 is 10.1 Å². The Balaban J connectivity index is 1.41. The lowest BCUT2D eigenvalue weighted by atomic mass is 10.0. The second kappa shape index (κ2) is 6.81. The minimum absolute atomic E-state index is 0.0784. The number of amides is 1. The van der Waals surface area contributed by atoms with Crippen molar-refractivity contribution < 1.29 is 9.53 Å². The lowest BCUT2D eigenvalue weighted by Gasteiger charge is -2.18. The molecule has 0 fully saturated rings. The van der Waals surface area contributed by atoms with Crippen LogP contribution >= 0.6 is 0 Å². The van der Waals surface area contributed by atoms with Gasteiger partial charge in [-0.05, 0) is 30.2 Å². The predicted octanol–water partition coefficient (Wildman–Crippen LogP) is 3.51. The van der Waals surface area contributed by atoms with Crippen LogP contribution in [0.3, 0.4) is 0 Å². The molecule has 1 aromatic heterocycles. The summed E-state index contributed by atoms with van der Waals surface area (Å²) < 4.78 is 7.99. The number of carbonyl (C=O) groups excluding carboxylic acids is 1. The smallest absolute Gasteiger partial charge is 0.224 e. The molecule has 126 valence electrons. The highest BCUT2D eigenvalue weighted by Crippen LogP contribution is 2.27. The Morgan fingerprint density at radius 2 is 2.00 bits per heavy atom. The molecule has 2 heterocycles. The molecule has 4 rings (SSSR count). The maximum Gasteiger partial charge on any atom is 0.224 e. The van der Waals surface area contributed by atoms with Crippen LogP contribution in [0.2, 0.25) is 0 Å². The fourth-order valence-electron chi connectivity index (χ4n) is 3.05. The van der Waals surface area contributed by atoms with E-state index in [1.807, 2.05) is 48.8 Å². The molecule has 1 aliphatic rings. The van der Waals surface area contributed by atoms with E-state index >= 15 is 0 Å². The first-order valence-corrected chi connectivity index (χ1v) is 8.42. The van der Waals surface area contributed by atoms with Crippen molar-refractivity contribution in [2.75, 3.05) is 11.9 Å². The molecule has 3 aromatic rings. The van der Waals surface area contributed by atoms with Gasteiger partial charge < -0.3 is 14.6 Å². The van der Waals surface area contributed by atoms with Crippen LogP contribution in [0.25, 0.3) is 11.4 Å². The topological polar surface area (TPSA) is 56.2 Å². The molecule has 0 bridgehead atoms. The highest BCUT2D eigenvalue weighted by molar-refractivity contribution is 5.93. The molecule has 0 atom stereocenters. The van der Waals surface area contributed by atoms with Gasteiger partial charge >= 0.3 is 0 Å². The SMILES string of the molecule is O=C1CCc2cc(OCCn3ccnc3-c3ccccc3)ccc2N1. The van der Waals surface area contributed by atoms with E-state index in [0.29, 0.717) is 13.0 Å². The number of carbonyl (C=O) groups is 1. The van der Waals surface area contributed by atoms with Gasteiger partial charge in [0.15, 0.2) is 0 Å². The van der Waals surface area contributed by atoms with E-state index < -0.39 is 0 Å². The zero-order valence-electron chi connectivity index (χ0n) is 13.8. The largest absolute Gasteiger partial charge is 0.492 e. The normalized spacial score (nSPS) is 13.2. The Bertz CT molecular complexity index is 887. The lowest BCUT2D eigenvalue weighted by Crippen LogP contribution is -2.18. The molecule has 0 unspecified atom stereocenters. The Morgan fingerprint density at radius 1 is 1.12 bits per heavy atom. The third kappa shape index (κ3) is 3.40. The first kappa shape index (κ1) is 15.4. The van der Waals surface area contributed by atoms with Crippen LogP contribution in [-0.2, 0) is 17.8 Å². The number of benzene rings is 2. The van der Waals surface area contributed by atoms with E-state index in [2.05, 4.69) is 27.0 Å². The monoisotopic (exact) mass is 333 g/mol. The van der Waals surface area contributed by atoms with Gasteiger partial charge in [0.1, 0.15) is 18.2 Å². The maximum atomic E-state index is 11.4.